The molecule has 1 aromatic rings. The first-order valence-electron chi connectivity index (χ1n) is 16.7. The molecule has 0 spiro atoms. The van der Waals surface area contributed by atoms with Crippen LogP contribution in [0.1, 0.15) is 117 Å². The fourth-order valence-corrected chi connectivity index (χ4v) is 10.7. The number of carbonyl (C=O) groups excluding carboxylic acids is 1. The Morgan fingerprint density at radius 3 is 2.35 bits per heavy atom. The Kier molecular flexibility index (Phi) is 10.4. The predicted molar refractivity (Wildman–Crippen MR) is 170 cm³/mol. The van der Waals surface area contributed by atoms with Gasteiger partial charge in [0.15, 0.2) is 0 Å². The van der Waals surface area contributed by atoms with Crippen LogP contribution >= 0.6 is 12.4 Å². The van der Waals surface area contributed by atoms with E-state index in [-0.39, 0.29) is 18.3 Å². The van der Waals surface area contributed by atoms with Gasteiger partial charge in [0.1, 0.15) is 0 Å². The lowest BCUT2D eigenvalue weighted by atomic mass is 9.44. The van der Waals surface area contributed by atoms with Crippen molar-refractivity contribution in [3.63, 3.8) is 0 Å². The van der Waals surface area contributed by atoms with Crippen molar-refractivity contribution in [2.24, 2.45) is 58.0 Å². The van der Waals surface area contributed by atoms with Crippen LogP contribution in [0.5, 0.6) is 0 Å². The summed E-state index contributed by atoms with van der Waals surface area (Å²) < 4.78 is 0. The molecule has 5 rings (SSSR count). The van der Waals surface area contributed by atoms with Crippen LogP contribution in [0.3, 0.4) is 0 Å². The average Bonchev–Trinajstić information content (AvgIpc) is 3.26. The molecule has 1 amide bonds. The summed E-state index contributed by atoms with van der Waals surface area (Å²) in [5.41, 5.74) is 8.50. The van der Waals surface area contributed by atoms with Crippen LogP contribution in [0.2, 0.25) is 0 Å². The minimum Gasteiger partial charge on any atom is -0.352 e. The van der Waals surface area contributed by atoms with Gasteiger partial charge in [-0.3, -0.25) is 4.79 Å². The maximum Gasteiger partial charge on any atom is 0.237 e. The molecule has 3 nitrogen and oxygen atoms in total. The van der Waals surface area contributed by atoms with E-state index < -0.39 is 6.04 Å². The zero-order valence-corrected chi connectivity index (χ0v) is 27.0. The second-order valence-corrected chi connectivity index (χ2v) is 15.5. The molecule has 226 valence electrons. The predicted octanol–water partition coefficient (Wildman–Crippen LogP) is 8.58. The van der Waals surface area contributed by atoms with Crippen LogP contribution in [0.4, 0.5) is 0 Å². The summed E-state index contributed by atoms with van der Waals surface area (Å²) >= 11 is 0. The van der Waals surface area contributed by atoms with Crippen LogP contribution in [-0.2, 0) is 11.2 Å². The van der Waals surface area contributed by atoms with Crippen LogP contribution in [-0.4, -0.2) is 18.0 Å². The summed E-state index contributed by atoms with van der Waals surface area (Å²) in [6.07, 6.45) is 17.0. The highest BCUT2D eigenvalue weighted by molar-refractivity contribution is 5.85. The zero-order valence-electron chi connectivity index (χ0n) is 26.2. The summed E-state index contributed by atoms with van der Waals surface area (Å²) in [6, 6.07) is 10.0. The SMILES string of the molecule is CC(C)CCC[C@@H](C)[C@H]1CC[C@H]2[C@@H]3CCC4C[C@H](NC(=O)[C@@H](N)Cc5ccccc5)CC[C@]4(C)[C@H]3CC[C@]12C.Cl. The number of fused-ring (bicyclic) bond motifs is 5. The van der Waals surface area contributed by atoms with E-state index in [1.807, 2.05) is 18.2 Å². The van der Waals surface area contributed by atoms with Gasteiger partial charge in [0.25, 0.3) is 0 Å². The van der Waals surface area contributed by atoms with E-state index in [0.29, 0.717) is 23.3 Å². The molecule has 0 aliphatic heterocycles. The molecule has 1 aromatic carbocycles. The van der Waals surface area contributed by atoms with Crippen molar-refractivity contribution in [2.75, 3.05) is 0 Å². The average molecular weight is 571 g/mol. The molecule has 0 heterocycles. The second-order valence-electron chi connectivity index (χ2n) is 15.5. The molecule has 0 aromatic heterocycles. The standard InChI is InChI=1S/C36H58N2O.ClH/c1-24(2)10-9-11-25(3)30-16-17-31-29-15-14-27-23-28(18-20-35(27,4)32(29)19-21-36(30,31)5)38-34(39)33(37)22-26-12-7-6-8-13-26;/h6-8,12-13,24-25,27-33H,9-11,14-23,37H2,1-5H3,(H,38,39);1H/t25-,27?,28-,29+,30-,31+,32+,33+,35+,36-;/m1./s1. The van der Waals surface area contributed by atoms with E-state index in [4.69, 9.17) is 5.73 Å². The fourth-order valence-electron chi connectivity index (χ4n) is 10.7. The molecule has 0 bridgehead atoms. The van der Waals surface area contributed by atoms with Gasteiger partial charge in [-0.25, -0.2) is 0 Å². The van der Waals surface area contributed by atoms with Crippen molar-refractivity contribution in [1.29, 1.82) is 0 Å². The number of carbonyl (C=O) groups is 1. The Morgan fingerprint density at radius 2 is 1.62 bits per heavy atom. The molecular formula is C36H59ClN2O. The van der Waals surface area contributed by atoms with Gasteiger partial charge < -0.3 is 11.1 Å². The Balaban J connectivity index is 0.00000370. The van der Waals surface area contributed by atoms with Gasteiger partial charge in [-0.15, -0.1) is 12.4 Å². The summed E-state index contributed by atoms with van der Waals surface area (Å²) in [5.74, 6) is 6.21. The minimum atomic E-state index is -0.462. The highest BCUT2D eigenvalue weighted by atomic mass is 35.5. The van der Waals surface area contributed by atoms with E-state index in [9.17, 15) is 4.79 Å². The van der Waals surface area contributed by atoms with Crippen molar-refractivity contribution in [3.05, 3.63) is 35.9 Å². The van der Waals surface area contributed by atoms with Crippen molar-refractivity contribution in [3.8, 4) is 0 Å². The molecule has 0 saturated heterocycles. The normalized spacial score (nSPS) is 38.4. The van der Waals surface area contributed by atoms with E-state index in [1.165, 1.54) is 64.2 Å². The van der Waals surface area contributed by atoms with E-state index in [0.717, 1.165) is 59.8 Å². The molecule has 4 aliphatic carbocycles. The van der Waals surface area contributed by atoms with E-state index >= 15 is 0 Å². The number of amides is 1. The summed E-state index contributed by atoms with van der Waals surface area (Å²) in [7, 11) is 0. The molecular weight excluding hydrogens is 512 g/mol. The number of nitrogens with one attached hydrogen (secondary N) is 1. The largest absolute Gasteiger partial charge is 0.352 e. The summed E-state index contributed by atoms with van der Waals surface area (Å²) in [4.78, 5) is 13.0. The van der Waals surface area contributed by atoms with Gasteiger partial charge in [0.2, 0.25) is 5.91 Å². The molecule has 0 radical (unpaired) electrons. The van der Waals surface area contributed by atoms with Gasteiger partial charge in [-0.05, 0) is 122 Å². The quantitative estimate of drug-likeness (QED) is 0.312. The highest BCUT2D eigenvalue weighted by Gasteiger charge is 2.60. The summed E-state index contributed by atoms with van der Waals surface area (Å²) in [6.45, 7) is 12.7. The number of hydrogen-bond acceptors (Lipinski definition) is 2. The highest BCUT2D eigenvalue weighted by Crippen LogP contribution is 2.68. The van der Waals surface area contributed by atoms with Crippen LogP contribution in [0.15, 0.2) is 30.3 Å². The topological polar surface area (TPSA) is 55.1 Å². The number of nitrogens with two attached hydrogens (primary N) is 1. The monoisotopic (exact) mass is 570 g/mol. The number of hydrogen-bond donors (Lipinski definition) is 2. The van der Waals surface area contributed by atoms with Crippen LogP contribution in [0.25, 0.3) is 0 Å². The van der Waals surface area contributed by atoms with Gasteiger partial charge >= 0.3 is 0 Å². The lowest BCUT2D eigenvalue weighted by molar-refractivity contribution is -0.128. The van der Waals surface area contributed by atoms with Gasteiger partial charge in [0, 0.05) is 6.04 Å². The van der Waals surface area contributed by atoms with E-state index in [1.54, 1.807) is 0 Å². The lowest BCUT2D eigenvalue weighted by Crippen LogP contribution is -2.56. The molecule has 40 heavy (non-hydrogen) atoms. The number of benzene rings is 1. The first-order chi connectivity index (χ1) is 18.6. The second kappa shape index (κ2) is 13.1. The third kappa shape index (κ3) is 6.31. The third-order valence-corrected chi connectivity index (χ3v) is 12.8. The molecule has 4 aliphatic rings. The van der Waals surface area contributed by atoms with Crippen molar-refractivity contribution < 1.29 is 4.79 Å². The number of rotatable bonds is 9. The maximum absolute atomic E-state index is 13.0. The van der Waals surface area contributed by atoms with Crippen LogP contribution in [0, 0.1) is 52.3 Å². The van der Waals surface area contributed by atoms with Gasteiger partial charge in [-0.1, -0.05) is 84.2 Å². The molecule has 3 N–H and O–H groups in total. The Hall–Kier alpha value is -1.06. The van der Waals surface area contributed by atoms with Crippen LogP contribution < -0.4 is 11.1 Å². The first kappa shape index (κ1) is 31.9. The molecule has 1 unspecified atom stereocenters. The molecule has 4 heteroatoms. The van der Waals surface area contributed by atoms with Crippen molar-refractivity contribution in [1.82, 2.24) is 5.32 Å². The Bertz CT molecular complexity index is 967. The van der Waals surface area contributed by atoms with Crippen molar-refractivity contribution >= 4 is 18.3 Å². The third-order valence-electron chi connectivity index (χ3n) is 12.8. The smallest absolute Gasteiger partial charge is 0.237 e. The zero-order chi connectivity index (χ0) is 27.8. The van der Waals surface area contributed by atoms with Crippen molar-refractivity contribution in [2.45, 2.75) is 130 Å². The first-order valence-corrected chi connectivity index (χ1v) is 16.7. The summed E-state index contributed by atoms with van der Waals surface area (Å²) in [5, 5.41) is 3.38. The molecule has 10 atom stereocenters. The Labute approximate surface area is 252 Å². The lowest BCUT2D eigenvalue weighted by Gasteiger charge is -2.61. The molecule has 4 fully saturated rings. The van der Waals surface area contributed by atoms with E-state index in [2.05, 4.69) is 52.1 Å². The number of halogens is 1. The fraction of sp³-hybridized carbons (Fsp3) is 0.806. The van der Waals surface area contributed by atoms with Gasteiger partial charge in [0.05, 0.1) is 6.04 Å². The maximum atomic E-state index is 13.0. The van der Waals surface area contributed by atoms with Gasteiger partial charge in [-0.2, -0.15) is 0 Å². The Morgan fingerprint density at radius 1 is 0.925 bits per heavy atom. The minimum absolute atomic E-state index is 0. The molecule has 4 saturated carbocycles.